The Kier molecular flexibility index (Phi) is 4.26. The molecule has 3 heterocycles. The summed E-state index contributed by atoms with van der Waals surface area (Å²) in [7, 11) is -3.20. The van der Waals surface area contributed by atoms with Crippen molar-refractivity contribution in [2.24, 2.45) is 0 Å². The van der Waals surface area contributed by atoms with Gasteiger partial charge >= 0.3 is 0 Å². The van der Waals surface area contributed by atoms with Gasteiger partial charge in [-0.15, -0.1) is 11.3 Å². The van der Waals surface area contributed by atoms with Crippen LogP contribution in [-0.4, -0.2) is 24.2 Å². The van der Waals surface area contributed by atoms with Crippen LogP contribution in [0.2, 0.25) is 0 Å². The van der Waals surface area contributed by atoms with E-state index in [0.717, 1.165) is 29.1 Å². The number of hydrogen-bond acceptors (Lipinski definition) is 5. The number of anilines is 1. The van der Waals surface area contributed by atoms with Crippen molar-refractivity contribution in [1.82, 2.24) is 9.55 Å². The van der Waals surface area contributed by atoms with Gasteiger partial charge in [-0.2, -0.15) is 0 Å². The molecule has 0 fully saturated rings. The van der Waals surface area contributed by atoms with E-state index in [0.29, 0.717) is 4.90 Å². The molecule has 4 aromatic rings. The summed E-state index contributed by atoms with van der Waals surface area (Å²) in [4.78, 5) is 6.28. The molecule has 0 saturated carbocycles. The number of thiophene rings is 1. The van der Waals surface area contributed by atoms with Crippen molar-refractivity contribution in [2.45, 2.75) is 11.4 Å². The van der Waals surface area contributed by atoms with Gasteiger partial charge in [-0.3, -0.25) is 0 Å². The third kappa shape index (κ3) is 3.36. The molecular formula is C19H17N3O2S2. The van der Waals surface area contributed by atoms with Gasteiger partial charge in [-0.25, -0.2) is 13.4 Å². The molecular weight excluding hydrogens is 366 g/mol. The first-order valence-corrected chi connectivity index (χ1v) is 10.8. The Balaban J connectivity index is 1.66. The Morgan fingerprint density at radius 3 is 2.58 bits per heavy atom. The third-order valence-corrected chi connectivity index (χ3v) is 6.11. The Hall–Kier alpha value is -2.64. The first kappa shape index (κ1) is 16.8. The fourth-order valence-electron chi connectivity index (χ4n) is 2.76. The molecule has 4 rings (SSSR count). The molecule has 0 radical (unpaired) electrons. The fourth-order valence-corrected chi connectivity index (χ4v) is 4.03. The van der Waals surface area contributed by atoms with Gasteiger partial charge in [-0.1, -0.05) is 6.07 Å². The van der Waals surface area contributed by atoms with E-state index >= 15 is 0 Å². The number of rotatable bonds is 5. The zero-order chi connectivity index (χ0) is 18.1. The van der Waals surface area contributed by atoms with Crippen molar-refractivity contribution in [2.75, 3.05) is 11.6 Å². The van der Waals surface area contributed by atoms with E-state index in [4.69, 9.17) is 4.98 Å². The van der Waals surface area contributed by atoms with Gasteiger partial charge in [0.25, 0.3) is 0 Å². The summed E-state index contributed by atoms with van der Waals surface area (Å²) in [6.45, 7) is 0.736. The lowest BCUT2D eigenvalue weighted by molar-refractivity contribution is 0.602. The van der Waals surface area contributed by atoms with Gasteiger partial charge in [0, 0.05) is 28.4 Å². The number of hydrogen-bond donors (Lipinski definition) is 1. The van der Waals surface area contributed by atoms with Gasteiger partial charge in [0.2, 0.25) is 0 Å². The van der Waals surface area contributed by atoms with Crippen molar-refractivity contribution >= 4 is 38.0 Å². The SMILES string of the molecule is CS(=O)(=O)c1ccc(-n2ccc3ccc(NCc4cccs4)nc32)cc1. The lowest BCUT2D eigenvalue weighted by atomic mass is 10.3. The van der Waals surface area contributed by atoms with Gasteiger partial charge in [0.15, 0.2) is 9.84 Å². The molecule has 0 spiro atoms. The number of fused-ring (bicyclic) bond motifs is 1. The Labute approximate surface area is 155 Å². The molecule has 5 nitrogen and oxygen atoms in total. The molecule has 0 bridgehead atoms. The number of sulfone groups is 1. The van der Waals surface area contributed by atoms with Gasteiger partial charge in [0.1, 0.15) is 11.5 Å². The molecule has 7 heteroatoms. The average molecular weight is 383 g/mol. The lowest BCUT2D eigenvalue weighted by Gasteiger charge is -2.08. The molecule has 1 aromatic carbocycles. The van der Waals surface area contributed by atoms with E-state index in [2.05, 4.69) is 16.8 Å². The summed E-state index contributed by atoms with van der Waals surface area (Å²) >= 11 is 1.71. The zero-order valence-corrected chi connectivity index (χ0v) is 15.7. The van der Waals surface area contributed by atoms with E-state index in [9.17, 15) is 8.42 Å². The van der Waals surface area contributed by atoms with E-state index < -0.39 is 9.84 Å². The predicted octanol–water partition coefficient (Wildman–Crippen LogP) is 4.10. The number of aromatic nitrogens is 2. The third-order valence-electron chi connectivity index (χ3n) is 4.10. The zero-order valence-electron chi connectivity index (χ0n) is 14.1. The maximum absolute atomic E-state index is 11.6. The average Bonchev–Trinajstić information content (AvgIpc) is 3.28. The molecule has 132 valence electrons. The van der Waals surface area contributed by atoms with Crippen LogP contribution in [0, 0.1) is 0 Å². The molecule has 0 saturated heterocycles. The summed E-state index contributed by atoms with van der Waals surface area (Å²) in [5.74, 6) is 0.804. The highest BCUT2D eigenvalue weighted by Gasteiger charge is 2.09. The van der Waals surface area contributed by atoms with Gasteiger partial charge < -0.3 is 9.88 Å². The fraction of sp³-hybridized carbons (Fsp3) is 0.105. The second kappa shape index (κ2) is 6.59. The topological polar surface area (TPSA) is 64.0 Å². The molecule has 0 aliphatic heterocycles. The lowest BCUT2D eigenvalue weighted by Crippen LogP contribution is -2.02. The van der Waals surface area contributed by atoms with Gasteiger partial charge in [0.05, 0.1) is 11.4 Å². The second-order valence-corrected chi connectivity index (χ2v) is 9.04. The molecule has 26 heavy (non-hydrogen) atoms. The van der Waals surface area contributed by atoms with Crippen LogP contribution < -0.4 is 5.32 Å². The molecule has 0 aliphatic carbocycles. The van der Waals surface area contributed by atoms with Crippen LogP contribution in [-0.2, 0) is 16.4 Å². The number of pyridine rings is 1. The van der Waals surface area contributed by atoms with Crippen molar-refractivity contribution in [1.29, 1.82) is 0 Å². The van der Waals surface area contributed by atoms with Crippen LogP contribution in [0.1, 0.15) is 4.88 Å². The van der Waals surface area contributed by atoms with Crippen LogP contribution >= 0.6 is 11.3 Å². The molecule has 3 aromatic heterocycles. The van der Waals surface area contributed by atoms with Crippen molar-refractivity contribution < 1.29 is 8.42 Å². The smallest absolute Gasteiger partial charge is 0.175 e. The Bertz CT molecular complexity index is 1150. The van der Waals surface area contributed by atoms with Gasteiger partial charge in [-0.05, 0) is 53.9 Å². The molecule has 0 unspecified atom stereocenters. The van der Waals surface area contributed by atoms with Crippen molar-refractivity contribution in [3.8, 4) is 5.69 Å². The highest BCUT2D eigenvalue weighted by molar-refractivity contribution is 7.90. The maximum atomic E-state index is 11.6. The highest BCUT2D eigenvalue weighted by Crippen LogP contribution is 2.22. The molecule has 0 amide bonds. The summed E-state index contributed by atoms with van der Waals surface area (Å²) in [5, 5.41) is 6.42. The first-order chi connectivity index (χ1) is 12.5. The van der Waals surface area contributed by atoms with Crippen LogP contribution in [0.3, 0.4) is 0 Å². The Morgan fingerprint density at radius 2 is 1.88 bits per heavy atom. The van der Waals surface area contributed by atoms with Crippen LogP contribution in [0.5, 0.6) is 0 Å². The van der Waals surface area contributed by atoms with Crippen LogP contribution in [0.15, 0.2) is 71.1 Å². The minimum absolute atomic E-state index is 0.309. The highest BCUT2D eigenvalue weighted by atomic mass is 32.2. The summed E-state index contributed by atoms with van der Waals surface area (Å²) in [5.41, 5.74) is 1.70. The van der Waals surface area contributed by atoms with E-state index in [1.165, 1.54) is 11.1 Å². The first-order valence-electron chi connectivity index (χ1n) is 8.05. The van der Waals surface area contributed by atoms with Crippen LogP contribution in [0.4, 0.5) is 5.82 Å². The maximum Gasteiger partial charge on any atom is 0.175 e. The number of benzene rings is 1. The largest absolute Gasteiger partial charge is 0.365 e. The molecule has 1 N–H and O–H groups in total. The molecule has 0 aliphatic rings. The predicted molar refractivity (Wildman–Crippen MR) is 106 cm³/mol. The minimum atomic E-state index is -3.20. The van der Waals surface area contributed by atoms with Crippen molar-refractivity contribution in [3.63, 3.8) is 0 Å². The summed E-state index contributed by atoms with van der Waals surface area (Å²) in [6.07, 6.45) is 3.15. The summed E-state index contributed by atoms with van der Waals surface area (Å²) in [6, 6.07) is 16.9. The normalized spacial score (nSPS) is 11.7. The van der Waals surface area contributed by atoms with E-state index in [1.54, 1.807) is 35.6 Å². The molecule has 0 atom stereocenters. The van der Waals surface area contributed by atoms with E-state index in [-0.39, 0.29) is 0 Å². The summed E-state index contributed by atoms with van der Waals surface area (Å²) < 4.78 is 25.2. The standard InChI is InChI=1S/C19H17N3O2S2/c1-26(23,24)17-7-5-15(6-8-17)22-11-10-14-4-9-18(21-19(14)22)20-13-16-3-2-12-25-16/h2-12H,13H2,1H3,(H,20,21). The minimum Gasteiger partial charge on any atom is -0.365 e. The van der Waals surface area contributed by atoms with E-state index in [1.807, 2.05) is 35.0 Å². The Morgan fingerprint density at radius 1 is 1.08 bits per heavy atom. The monoisotopic (exact) mass is 383 g/mol. The number of nitrogens with one attached hydrogen (secondary N) is 1. The second-order valence-electron chi connectivity index (χ2n) is 5.99. The number of nitrogens with zero attached hydrogens (tertiary/aromatic N) is 2. The van der Waals surface area contributed by atoms with Crippen LogP contribution in [0.25, 0.3) is 16.7 Å². The van der Waals surface area contributed by atoms with Crippen molar-refractivity contribution in [3.05, 3.63) is 71.1 Å². The quantitative estimate of drug-likeness (QED) is 0.563.